The van der Waals surface area contributed by atoms with Crippen molar-refractivity contribution >= 4 is 45.2 Å². The molecule has 9 nitrogen and oxygen atoms in total. The Morgan fingerprint density at radius 3 is 2.35 bits per heavy atom. The van der Waals surface area contributed by atoms with Crippen LogP contribution in [-0.4, -0.2) is 99.2 Å². The Morgan fingerprint density at radius 1 is 1.00 bits per heavy atom. The fourth-order valence-electron chi connectivity index (χ4n) is 8.34. The average Bonchev–Trinajstić information content (AvgIpc) is 3.61. The first-order valence-electron chi connectivity index (χ1n) is 16.9. The van der Waals surface area contributed by atoms with Gasteiger partial charge in [0.05, 0.1) is 23.0 Å². The van der Waals surface area contributed by atoms with Gasteiger partial charge in [-0.05, 0) is 45.1 Å². The van der Waals surface area contributed by atoms with Gasteiger partial charge in [0.2, 0.25) is 0 Å². The Kier molecular flexibility index (Phi) is 7.82. The fourth-order valence-corrected chi connectivity index (χ4v) is 8.62. The van der Waals surface area contributed by atoms with Gasteiger partial charge in [0, 0.05) is 61.2 Å². The third-order valence-corrected chi connectivity index (χ3v) is 10.6. The zero-order valence-corrected chi connectivity index (χ0v) is 28.4. The van der Waals surface area contributed by atoms with Crippen LogP contribution in [0.2, 0.25) is 5.02 Å². The van der Waals surface area contributed by atoms with Crippen molar-refractivity contribution in [3.05, 3.63) is 53.4 Å². The Labute approximate surface area is 287 Å². The van der Waals surface area contributed by atoms with Gasteiger partial charge in [-0.25, -0.2) is 18.0 Å². The number of amides is 1. The highest BCUT2D eigenvalue weighted by molar-refractivity contribution is 6.36. The van der Waals surface area contributed by atoms with Gasteiger partial charge < -0.3 is 14.4 Å². The molecule has 0 saturated carbocycles. The number of benzene rings is 2. The minimum atomic E-state index is -1.08. The number of alkyl halides is 2. The van der Waals surface area contributed by atoms with Gasteiger partial charge in [0.1, 0.15) is 41.6 Å². The molecule has 4 saturated heterocycles. The summed E-state index contributed by atoms with van der Waals surface area (Å²) >= 11 is 6.61. The predicted octanol–water partition coefficient (Wildman–Crippen LogP) is 7.13. The van der Waals surface area contributed by atoms with Crippen molar-refractivity contribution in [1.82, 2.24) is 24.8 Å². The summed E-state index contributed by atoms with van der Waals surface area (Å²) in [6.07, 6.45) is 0.926. The monoisotopic (exact) mass is 694 g/mol. The maximum Gasteiger partial charge on any atom is 0.410 e. The molecule has 4 fully saturated rings. The lowest BCUT2D eigenvalue weighted by Gasteiger charge is -2.42. The van der Waals surface area contributed by atoms with Gasteiger partial charge in [-0.15, -0.1) is 0 Å². The minimum Gasteiger partial charge on any atom is -0.461 e. The zero-order chi connectivity index (χ0) is 34.2. The number of carbonyl (C=O) groups excluding carboxylic acids is 1. The van der Waals surface area contributed by atoms with Crippen molar-refractivity contribution in [2.24, 2.45) is 0 Å². The molecule has 0 N–H and O–H groups in total. The van der Waals surface area contributed by atoms with Gasteiger partial charge in [-0.2, -0.15) is 9.97 Å². The number of pyridine rings is 1. The van der Waals surface area contributed by atoms with Gasteiger partial charge in [0.25, 0.3) is 0 Å². The van der Waals surface area contributed by atoms with Crippen molar-refractivity contribution in [1.29, 1.82) is 0 Å². The molecule has 0 spiro atoms. The fraction of sp³-hybridized carbons (Fsp3) is 0.500. The topological polar surface area (TPSA) is 83.9 Å². The van der Waals surface area contributed by atoms with E-state index in [1.54, 1.807) is 18.3 Å². The average molecular weight is 695 g/mol. The van der Waals surface area contributed by atoms with E-state index >= 15 is 4.39 Å². The number of piperazine rings is 1. The molecule has 4 aliphatic heterocycles. The van der Waals surface area contributed by atoms with Crippen LogP contribution in [0.25, 0.3) is 32.9 Å². The quantitative estimate of drug-likeness (QED) is 0.218. The van der Waals surface area contributed by atoms with Crippen molar-refractivity contribution in [2.75, 3.05) is 37.7 Å². The Hall–Kier alpha value is -3.90. The SMILES string of the molecule is CC(C)(C)OC(=O)N1C2CCC1CN(c1nc(OCC34CC(F)CN3CC(F)C4)nc3c(F)c(-c4cccc5cccc(Cl)c45)ncc13)C2. The number of aromatic nitrogens is 3. The van der Waals surface area contributed by atoms with Crippen LogP contribution in [0, 0.1) is 5.82 Å². The van der Waals surface area contributed by atoms with E-state index in [2.05, 4.69) is 9.97 Å². The summed E-state index contributed by atoms with van der Waals surface area (Å²) in [6, 6.07) is 10.6. The first-order valence-corrected chi connectivity index (χ1v) is 17.2. The summed E-state index contributed by atoms with van der Waals surface area (Å²) in [5.74, 6) is -0.239. The maximum atomic E-state index is 16.8. The number of hydrogen-bond donors (Lipinski definition) is 0. The molecule has 0 aliphatic carbocycles. The summed E-state index contributed by atoms with van der Waals surface area (Å²) < 4.78 is 57.9. The van der Waals surface area contributed by atoms with Crippen LogP contribution in [0.1, 0.15) is 46.5 Å². The van der Waals surface area contributed by atoms with Crippen LogP contribution in [0.3, 0.4) is 0 Å². The van der Waals surface area contributed by atoms with E-state index in [1.807, 2.05) is 59.7 Å². The largest absolute Gasteiger partial charge is 0.461 e. The molecule has 1 amide bonds. The number of carbonyl (C=O) groups is 1. The van der Waals surface area contributed by atoms with Gasteiger partial charge >= 0.3 is 12.1 Å². The number of rotatable bonds is 5. The third kappa shape index (κ3) is 5.70. The van der Waals surface area contributed by atoms with Crippen molar-refractivity contribution in [3.63, 3.8) is 0 Å². The molecule has 2 bridgehead atoms. The molecular formula is C36H38ClF3N6O3. The number of nitrogens with zero attached hydrogens (tertiary/aromatic N) is 6. The number of halogens is 4. The summed E-state index contributed by atoms with van der Waals surface area (Å²) in [4.78, 5) is 32.8. The smallest absolute Gasteiger partial charge is 0.410 e. The van der Waals surface area contributed by atoms with Crippen molar-refractivity contribution in [2.45, 2.75) is 82.0 Å². The van der Waals surface area contributed by atoms with E-state index in [0.29, 0.717) is 40.3 Å². The molecule has 4 unspecified atom stereocenters. The molecule has 4 aromatic rings. The highest BCUT2D eigenvalue weighted by Gasteiger charge is 2.53. The lowest BCUT2D eigenvalue weighted by atomic mass is 9.94. The number of hydrogen-bond acceptors (Lipinski definition) is 8. The predicted molar refractivity (Wildman–Crippen MR) is 181 cm³/mol. The number of ether oxygens (including phenoxy) is 2. The maximum absolute atomic E-state index is 16.8. The van der Waals surface area contributed by atoms with Gasteiger partial charge in [-0.3, -0.25) is 14.8 Å². The van der Waals surface area contributed by atoms with Crippen LogP contribution < -0.4 is 9.64 Å². The minimum absolute atomic E-state index is 0.00918. The van der Waals surface area contributed by atoms with Crippen molar-refractivity contribution in [3.8, 4) is 17.3 Å². The van der Waals surface area contributed by atoms with Crippen LogP contribution in [0.15, 0.2) is 42.6 Å². The normalized spacial score (nSPS) is 26.9. The molecule has 6 heterocycles. The second-order valence-electron chi connectivity index (χ2n) is 14.9. The van der Waals surface area contributed by atoms with Gasteiger partial charge in [0.15, 0.2) is 5.82 Å². The Bertz CT molecular complexity index is 1930. The molecule has 2 aromatic heterocycles. The van der Waals surface area contributed by atoms with Crippen LogP contribution in [0.4, 0.5) is 23.8 Å². The molecule has 4 aliphatic rings. The van der Waals surface area contributed by atoms with Crippen LogP contribution in [-0.2, 0) is 4.74 Å². The summed E-state index contributed by atoms with van der Waals surface area (Å²) in [7, 11) is 0. The molecular weight excluding hydrogens is 657 g/mol. The second kappa shape index (κ2) is 11.9. The lowest BCUT2D eigenvalue weighted by Crippen LogP contribution is -2.57. The van der Waals surface area contributed by atoms with E-state index in [-0.39, 0.29) is 67.9 Å². The molecule has 2 aromatic carbocycles. The van der Waals surface area contributed by atoms with Crippen LogP contribution >= 0.6 is 11.6 Å². The molecule has 8 rings (SSSR count). The lowest BCUT2D eigenvalue weighted by molar-refractivity contribution is 0.0122. The standard InChI is InChI=1S/C36H38ClF3N6O3/c1-35(2,3)49-34(47)46-23-10-11-24(46)18-44(17-23)32-26-14-41-30(25-8-4-6-20-7-5-9-27(37)28(20)25)29(40)31(26)42-33(43-32)48-19-36-12-21(38)15-45(36)16-22(39)13-36/h4-9,14,21-24H,10-13,15-19H2,1-3H3. The summed E-state index contributed by atoms with van der Waals surface area (Å²) in [5, 5.41) is 2.36. The molecule has 49 heavy (non-hydrogen) atoms. The second-order valence-corrected chi connectivity index (χ2v) is 15.3. The first-order chi connectivity index (χ1) is 23.4. The van der Waals surface area contributed by atoms with E-state index in [0.717, 1.165) is 18.2 Å². The van der Waals surface area contributed by atoms with E-state index in [9.17, 15) is 13.6 Å². The Morgan fingerprint density at radius 2 is 1.67 bits per heavy atom. The molecule has 4 atom stereocenters. The first kappa shape index (κ1) is 32.3. The molecule has 258 valence electrons. The molecule has 0 radical (unpaired) electrons. The number of fused-ring (bicyclic) bond motifs is 5. The third-order valence-electron chi connectivity index (χ3n) is 10.3. The highest BCUT2D eigenvalue weighted by atomic mass is 35.5. The summed E-state index contributed by atoms with van der Waals surface area (Å²) in [5.41, 5.74) is -0.848. The van der Waals surface area contributed by atoms with Crippen molar-refractivity contribution < 1.29 is 27.4 Å². The number of anilines is 1. The molecule has 13 heteroatoms. The highest BCUT2D eigenvalue weighted by Crippen LogP contribution is 2.43. The zero-order valence-electron chi connectivity index (χ0n) is 27.6. The van der Waals surface area contributed by atoms with E-state index in [1.165, 1.54) is 0 Å². The van der Waals surface area contributed by atoms with E-state index in [4.69, 9.17) is 26.1 Å². The van der Waals surface area contributed by atoms with Crippen LogP contribution in [0.5, 0.6) is 6.01 Å². The Balaban J connectivity index is 1.20. The summed E-state index contributed by atoms with van der Waals surface area (Å²) in [6.45, 7) is 6.67. The van der Waals surface area contributed by atoms with E-state index < -0.39 is 29.3 Å². The van der Waals surface area contributed by atoms with Gasteiger partial charge in [-0.1, -0.05) is 41.9 Å².